The molecule has 0 aliphatic rings. The van der Waals surface area contributed by atoms with Crippen molar-refractivity contribution in [1.82, 2.24) is 15.5 Å². The maximum atomic E-state index is 11.8. The van der Waals surface area contributed by atoms with Crippen LogP contribution in [0.15, 0.2) is 12.1 Å². The molecule has 0 unspecified atom stereocenters. The van der Waals surface area contributed by atoms with Crippen LogP contribution in [0.2, 0.25) is 0 Å². The van der Waals surface area contributed by atoms with Crippen molar-refractivity contribution in [3.8, 4) is 0 Å². The van der Waals surface area contributed by atoms with Crippen LogP contribution in [0, 0.1) is 0 Å². The number of ether oxygens (including phenoxy) is 1. The van der Waals surface area contributed by atoms with Gasteiger partial charge in [-0.2, -0.15) is 0 Å². The van der Waals surface area contributed by atoms with Gasteiger partial charge < -0.3 is 15.4 Å². The number of rotatable bonds is 6. The van der Waals surface area contributed by atoms with Gasteiger partial charge in [0, 0.05) is 25.8 Å². The highest BCUT2D eigenvalue weighted by Gasteiger charge is 2.16. The van der Waals surface area contributed by atoms with Crippen molar-refractivity contribution in [2.24, 2.45) is 0 Å². The highest BCUT2D eigenvalue weighted by Crippen LogP contribution is 2.05. The molecule has 1 amide bonds. The SMILES string of the molecule is COCCCNc1ccc(C(=O)NC(C)(C)C)nn1. The molecule has 1 heterocycles. The fourth-order valence-electron chi connectivity index (χ4n) is 1.39. The topological polar surface area (TPSA) is 76.1 Å². The summed E-state index contributed by atoms with van der Waals surface area (Å²) in [6.45, 7) is 7.22. The molecular formula is C13H22N4O2. The van der Waals surface area contributed by atoms with Crippen LogP contribution in [-0.2, 0) is 4.74 Å². The summed E-state index contributed by atoms with van der Waals surface area (Å²) >= 11 is 0. The second-order valence-corrected chi connectivity index (χ2v) is 5.28. The van der Waals surface area contributed by atoms with Crippen molar-refractivity contribution < 1.29 is 9.53 Å². The normalized spacial score (nSPS) is 11.2. The molecule has 0 aliphatic carbocycles. The molecule has 1 aromatic heterocycles. The average molecular weight is 266 g/mol. The number of aromatic nitrogens is 2. The molecule has 0 spiro atoms. The van der Waals surface area contributed by atoms with E-state index >= 15 is 0 Å². The lowest BCUT2D eigenvalue weighted by atomic mass is 10.1. The van der Waals surface area contributed by atoms with E-state index in [4.69, 9.17) is 4.74 Å². The van der Waals surface area contributed by atoms with Gasteiger partial charge in [-0.05, 0) is 39.3 Å². The van der Waals surface area contributed by atoms with Crippen LogP contribution in [0.1, 0.15) is 37.7 Å². The van der Waals surface area contributed by atoms with Crippen LogP contribution in [0.4, 0.5) is 5.82 Å². The first-order valence-electron chi connectivity index (χ1n) is 6.31. The first kappa shape index (κ1) is 15.4. The number of amides is 1. The maximum absolute atomic E-state index is 11.8. The van der Waals surface area contributed by atoms with E-state index in [1.807, 2.05) is 20.8 Å². The van der Waals surface area contributed by atoms with Crippen LogP contribution in [-0.4, -0.2) is 41.9 Å². The highest BCUT2D eigenvalue weighted by atomic mass is 16.5. The Balaban J connectivity index is 2.49. The van der Waals surface area contributed by atoms with Crippen molar-refractivity contribution in [3.05, 3.63) is 17.8 Å². The molecule has 0 radical (unpaired) electrons. The van der Waals surface area contributed by atoms with Crippen molar-refractivity contribution in [2.45, 2.75) is 32.7 Å². The maximum Gasteiger partial charge on any atom is 0.272 e. The van der Waals surface area contributed by atoms with E-state index in [9.17, 15) is 4.79 Å². The number of methoxy groups -OCH3 is 1. The summed E-state index contributed by atoms with van der Waals surface area (Å²) in [6, 6.07) is 3.41. The summed E-state index contributed by atoms with van der Waals surface area (Å²) in [7, 11) is 1.67. The van der Waals surface area contributed by atoms with E-state index in [2.05, 4.69) is 20.8 Å². The Hall–Kier alpha value is -1.69. The number of carbonyl (C=O) groups excluding carboxylic acids is 1. The molecule has 6 nitrogen and oxygen atoms in total. The van der Waals surface area contributed by atoms with Gasteiger partial charge >= 0.3 is 0 Å². The molecule has 0 aromatic carbocycles. The molecule has 0 saturated heterocycles. The summed E-state index contributed by atoms with van der Waals surface area (Å²) in [6.07, 6.45) is 0.893. The van der Waals surface area contributed by atoms with Crippen molar-refractivity contribution >= 4 is 11.7 Å². The number of nitrogens with zero attached hydrogens (tertiary/aromatic N) is 2. The Morgan fingerprint density at radius 1 is 1.32 bits per heavy atom. The molecule has 2 N–H and O–H groups in total. The molecule has 6 heteroatoms. The Labute approximate surface area is 113 Å². The molecule has 0 saturated carbocycles. The van der Waals surface area contributed by atoms with Crippen molar-refractivity contribution in [2.75, 3.05) is 25.6 Å². The minimum Gasteiger partial charge on any atom is -0.385 e. The highest BCUT2D eigenvalue weighted by molar-refractivity contribution is 5.92. The predicted octanol–water partition coefficient (Wildman–Crippen LogP) is 1.45. The molecule has 1 rings (SSSR count). The third-order valence-electron chi connectivity index (χ3n) is 2.22. The minimum absolute atomic E-state index is 0.217. The van der Waals surface area contributed by atoms with Crippen molar-refractivity contribution in [1.29, 1.82) is 0 Å². The van der Waals surface area contributed by atoms with E-state index < -0.39 is 0 Å². The lowest BCUT2D eigenvalue weighted by Gasteiger charge is -2.19. The molecule has 0 bridgehead atoms. The summed E-state index contributed by atoms with van der Waals surface area (Å²) < 4.78 is 4.95. The lowest BCUT2D eigenvalue weighted by Crippen LogP contribution is -2.41. The van der Waals surface area contributed by atoms with E-state index in [1.54, 1.807) is 19.2 Å². The molecule has 0 atom stereocenters. The molecule has 19 heavy (non-hydrogen) atoms. The smallest absolute Gasteiger partial charge is 0.272 e. The minimum atomic E-state index is -0.282. The van der Waals surface area contributed by atoms with Gasteiger partial charge in [0.15, 0.2) is 5.69 Å². The van der Waals surface area contributed by atoms with Gasteiger partial charge in [-0.15, -0.1) is 10.2 Å². The van der Waals surface area contributed by atoms with Crippen LogP contribution in [0.3, 0.4) is 0 Å². The second-order valence-electron chi connectivity index (χ2n) is 5.28. The lowest BCUT2D eigenvalue weighted by molar-refractivity contribution is 0.0913. The van der Waals surface area contributed by atoms with Crippen LogP contribution in [0.5, 0.6) is 0 Å². The molecule has 1 aromatic rings. The Kier molecular flexibility index (Phi) is 5.69. The monoisotopic (exact) mass is 266 g/mol. The number of hydrogen-bond donors (Lipinski definition) is 2. The van der Waals surface area contributed by atoms with E-state index in [-0.39, 0.29) is 11.4 Å². The van der Waals surface area contributed by atoms with Gasteiger partial charge in [-0.1, -0.05) is 0 Å². The van der Waals surface area contributed by atoms with Gasteiger partial charge in [-0.25, -0.2) is 0 Å². The number of anilines is 1. The van der Waals surface area contributed by atoms with Crippen LogP contribution < -0.4 is 10.6 Å². The van der Waals surface area contributed by atoms with E-state index in [1.165, 1.54) is 0 Å². The van der Waals surface area contributed by atoms with Gasteiger partial charge in [0.05, 0.1) is 0 Å². The number of nitrogens with one attached hydrogen (secondary N) is 2. The largest absolute Gasteiger partial charge is 0.385 e. The van der Waals surface area contributed by atoms with Gasteiger partial charge in [-0.3, -0.25) is 4.79 Å². The Morgan fingerprint density at radius 3 is 2.58 bits per heavy atom. The second kappa shape index (κ2) is 7.04. The zero-order valence-electron chi connectivity index (χ0n) is 12.0. The summed E-state index contributed by atoms with van der Waals surface area (Å²) in [5.74, 6) is 0.439. The van der Waals surface area contributed by atoms with Crippen molar-refractivity contribution in [3.63, 3.8) is 0 Å². The summed E-state index contributed by atoms with van der Waals surface area (Å²) in [5.41, 5.74) is 0.0351. The van der Waals surface area contributed by atoms with E-state index in [0.717, 1.165) is 13.0 Å². The molecule has 0 aliphatic heterocycles. The number of carbonyl (C=O) groups is 1. The van der Waals surface area contributed by atoms with Gasteiger partial charge in [0.25, 0.3) is 5.91 Å². The van der Waals surface area contributed by atoms with Gasteiger partial charge in [0.2, 0.25) is 0 Å². The molecule has 106 valence electrons. The Bertz CT molecular complexity index is 398. The quantitative estimate of drug-likeness (QED) is 0.762. The standard InChI is InChI=1S/C13H22N4O2/c1-13(2,3)15-12(18)10-6-7-11(17-16-10)14-8-5-9-19-4/h6-7H,5,8-9H2,1-4H3,(H,14,17)(H,15,18). The Morgan fingerprint density at radius 2 is 2.05 bits per heavy atom. The fraction of sp³-hybridized carbons (Fsp3) is 0.615. The van der Waals surface area contributed by atoms with Gasteiger partial charge in [0.1, 0.15) is 5.82 Å². The first-order chi connectivity index (χ1) is 8.92. The average Bonchev–Trinajstić information content (AvgIpc) is 2.33. The van der Waals surface area contributed by atoms with Crippen LogP contribution in [0.25, 0.3) is 0 Å². The first-order valence-corrected chi connectivity index (χ1v) is 6.31. The number of hydrogen-bond acceptors (Lipinski definition) is 5. The zero-order chi connectivity index (χ0) is 14.3. The fourth-order valence-corrected chi connectivity index (χ4v) is 1.39. The molecular weight excluding hydrogens is 244 g/mol. The summed E-state index contributed by atoms with van der Waals surface area (Å²) in [4.78, 5) is 11.8. The van der Waals surface area contributed by atoms with Crippen LogP contribution >= 0.6 is 0 Å². The third-order valence-corrected chi connectivity index (χ3v) is 2.22. The summed E-state index contributed by atoms with van der Waals surface area (Å²) in [5, 5.41) is 13.8. The zero-order valence-corrected chi connectivity index (χ0v) is 12.0. The molecule has 0 fully saturated rings. The third kappa shape index (κ3) is 6.15. The predicted molar refractivity (Wildman–Crippen MR) is 74.2 cm³/mol. The van der Waals surface area contributed by atoms with E-state index in [0.29, 0.717) is 18.1 Å².